The molecule has 0 bridgehead atoms. The summed E-state index contributed by atoms with van der Waals surface area (Å²) in [5.74, 6) is -1.50. The number of sulfone groups is 1. The fourth-order valence-corrected chi connectivity index (χ4v) is 5.24. The number of hydrogen-bond donors (Lipinski definition) is 0. The van der Waals surface area contributed by atoms with Crippen LogP contribution in [0, 0.1) is 10.1 Å². The van der Waals surface area contributed by atoms with E-state index in [4.69, 9.17) is 9.47 Å². The van der Waals surface area contributed by atoms with Crippen LogP contribution in [0.5, 0.6) is 0 Å². The van der Waals surface area contributed by atoms with Gasteiger partial charge in [0.1, 0.15) is 5.69 Å². The lowest BCUT2D eigenvalue weighted by atomic mass is 10.1. The molecule has 3 rings (SSSR count). The van der Waals surface area contributed by atoms with Gasteiger partial charge < -0.3 is 19.3 Å². The molecule has 0 aromatic heterocycles. The van der Waals surface area contributed by atoms with Crippen molar-refractivity contribution in [2.45, 2.75) is 12.5 Å². The van der Waals surface area contributed by atoms with Gasteiger partial charge in [0.25, 0.3) is 11.6 Å². The van der Waals surface area contributed by atoms with Crippen molar-refractivity contribution in [1.82, 2.24) is 4.90 Å². The molecule has 1 aromatic carbocycles. The topological polar surface area (TPSA) is 136 Å². The molecule has 30 heavy (non-hydrogen) atoms. The number of anilines is 1. The number of morpholine rings is 1. The van der Waals surface area contributed by atoms with Gasteiger partial charge in [-0.05, 0) is 18.6 Å². The quantitative estimate of drug-likeness (QED) is 0.345. The molecule has 2 aliphatic rings. The standard InChI is InChI=1S/C18H23N3O8S/c1-19(14-4-9-30(26,27)12-14)17(22)11-29-18(23)13-2-3-15(16(10-13)21(24)25)20-5-7-28-8-6-20/h2-3,10,14H,4-9,11-12H2,1H3/t14-/m0/s1. The number of carbonyl (C=O) groups excluding carboxylic acids is 2. The van der Waals surface area contributed by atoms with Gasteiger partial charge in [-0.3, -0.25) is 14.9 Å². The lowest BCUT2D eigenvalue weighted by Crippen LogP contribution is -2.40. The number of ether oxygens (including phenoxy) is 2. The van der Waals surface area contributed by atoms with Crippen LogP contribution in [0.25, 0.3) is 0 Å². The number of carbonyl (C=O) groups is 2. The number of likely N-dealkylation sites (N-methyl/N-ethyl adjacent to an activating group) is 1. The second-order valence-corrected chi connectivity index (χ2v) is 9.43. The Kier molecular flexibility index (Phi) is 6.56. The van der Waals surface area contributed by atoms with Crippen molar-refractivity contribution in [1.29, 1.82) is 0 Å². The van der Waals surface area contributed by atoms with Crippen molar-refractivity contribution >= 4 is 33.1 Å². The first-order valence-corrected chi connectivity index (χ1v) is 11.2. The zero-order valence-electron chi connectivity index (χ0n) is 16.5. The molecule has 2 aliphatic heterocycles. The molecular weight excluding hydrogens is 418 g/mol. The van der Waals surface area contributed by atoms with Crippen LogP contribution in [0.2, 0.25) is 0 Å². The molecular formula is C18H23N3O8S. The van der Waals surface area contributed by atoms with Crippen LogP contribution in [0.4, 0.5) is 11.4 Å². The van der Waals surface area contributed by atoms with Gasteiger partial charge in [0.2, 0.25) is 0 Å². The number of nitrogens with zero attached hydrogens (tertiary/aromatic N) is 3. The zero-order valence-corrected chi connectivity index (χ0v) is 17.3. The van der Waals surface area contributed by atoms with Gasteiger partial charge in [0.15, 0.2) is 16.4 Å². The summed E-state index contributed by atoms with van der Waals surface area (Å²) in [5, 5.41) is 11.5. The summed E-state index contributed by atoms with van der Waals surface area (Å²) in [5.41, 5.74) is 0.113. The van der Waals surface area contributed by atoms with Crippen molar-refractivity contribution in [3.05, 3.63) is 33.9 Å². The molecule has 0 spiro atoms. The molecule has 0 N–H and O–H groups in total. The molecule has 12 heteroatoms. The molecule has 2 heterocycles. The van der Waals surface area contributed by atoms with Crippen LogP contribution in [0.15, 0.2) is 18.2 Å². The maximum atomic E-state index is 12.3. The maximum Gasteiger partial charge on any atom is 0.338 e. The highest BCUT2D eigenvalue weighted by Gasteiger charge is 2.33. The first kappa shape index (κ1) is 22.0. The summed E-state index contributed by atoms with van der Waals surface area (Å²) in [6.07, 6.45) is 0.341. The van der Waals surface area contributed by atoms with Crippen molar-refractivity contribution < 1.29 is 32.4 Å². The minimum absolute atomic E-state index is 0.0221. The normalized spacial score (nSPS) is 20.6. The fourth-order valence-electron chi connectivity index (χ4n) is 3.47. The molecule has 164 valence electrons. The van der Waals surface area contributed by atoms with Crippen molar-refractivity contribution in [3.8, 4) is 0 Å². The Balaban J connectivity index is 1.64. The van der Waals surface area contributed by atoms with Crippen molar-refractivity contribution in [2.24, 2.45) is 0 Å². The predicted molar refractivity (Wildman–Crippen MR) is 106 cm³/mol. The number of rotatable bonds is 6. The molecule has 1 atom stereocenters. The lowest BCUT2D eigenvalue weighted by molar-refractivity contribution is -0.384. The maximum absolute atomic E-state index is 12.3. The highest BCUT2D eigenvalue weighted by molar-refractivity contribution is 7.91. The van der Waals surface area contributed by atoms with Crippen molar-refractivity contribution in [2.75, 3.05) is 56.4 Å². The van der Waals surface area contributed by atoms with E-state index < -0.39 is 39.3 Å². The lowest BCUT2D eigenvalue weighted by Gasteiger charge is -2.28. The van der Waals surface area contributed by atoms with Crippen LogP contribution in [-0.4, -0.2) is 87.6 Å². The molecule has 0 saturated carbocycles. The number of nitro benzene ring substituents is 1. The van der Waals surface area contributed by atoms with Gasteiger partial charge >= 0.3 is 5.97 Å². The smallest absolute Gasteiger partial charge is 0.338 e. The van der Waals surface area contributed by atoms with E-state index in [-0.39, 0.29) is 22.8 Å². The Hall–Kier alpha value is -2.73. The number of hydrogen-bond acceptors (Lipinski definition) is 9. The van der Waals surface area contributed by atoms with Gasteiger partial charge in [-0.1, -0.05) is 0 Å². The Labute approximate surface area is 173 Å². The summed E-state index contributed by atoms with van der Waals surface area (Å²) >= 11 is 0. The summed E-state index contributed by atoms with van der Waals surface area (Å²) in [6.45, 7) is 1.34. The monoisotopic (exact) mass is 441 g/mol. The summed E-state index contributed by atoms with van der Waals surface area (Å²) in [4.78, 5) is 38.5. The Bertz CT molecular complexity index is 943. The second-order valence-electron chi connectivity index (χ2n) is 7.20. The van der Waals surface area contributed by atoms with E-state index in [1.165, 1.54) is 24.1 Å². The minimum atomic E-state index is -3.15. The van der Waals surface area contributed by atoms with Crippen LogP contribution < -0.4 is 4.90 Å². The SMILES string of the molecule is CN(C(=O)COC(=O)c1ccc(N2CCOCC2)c([N+](=O)[O-])c1)[C@H]1CCS(=O)(=O)C1. The van der Waals surface area contributed by atoms with E-state index in [2.05, 4.69) is 0 Å². The van der Waals surface area contributed by atoms with E-state index in [1.54, 1.807) is 0 Å². The summed E-state index contributed by atoms with van der Waals surface area (Å²) in [7, 11) is -1.69. The third-order valence-electron chi connectivity index (χ3n) is 5.24. The van der Waals surface area contributed by atoms with Gasteiger partial charge in [-0.2, -0.15) is 0 Å². The minimum Gasteiger partial charge on any atom is -0.452 e. The molecule has 0 unspecified atom stereocenters. The van der Waals surface area contributed by atoms with Crippen LogP contribution in [-0.2, 0) is 24.1 Å². The predicted octanol–water partition coefficient (Wildman–Crippen LogP) is 0.234. The summed E-state index contributed by atoms with van der Waals surface area (Å²) in [6, 6.07) is 3.58. The second kappa shape index (κ2) is 8.96. The number of benzene rings is 1. The molecule has 1 aromatic rings. The summed E-state index contributed by atoms with van der Waals surface area (Å²) < 4.78 is 33.4. The molecule has 2 fully saturated rings. The Morgan fingerprint density at radius 2 is 2.03 bits per heavy atom. The van der Waals surface area contributed by atoms with Crippen LogP contribution >= 0.6 is 0 Å². The first-order chi connectivity index (χ1) is 14.2. The molecule has 0 radical (unpaired) electrons. The first-order valence-electron chi connectivity index (χ1n) is 9.42. The Morgan fingerprint density at radius 3 is 2.63 bits per heavy atom. The van der Waals surface area contributed by atoms with Crippen LogP contribution in [0.3, 0.4) is 0 Å². The highest BCUT2D eigenvalue weighted by Crippen LogP contribution is 2.30. The molecule has 11 nitrogen and oxygen atoms in total. The number of nitro groups is 1. The third-order valence-corrected chi connectivity index (χ3v) is 6.99. The van der Waals surface area contributed by atoms with E-state index in [1.807, 2.05) is 4.90 Å². The van der Waals surface area contributed by atoms with Gasteiger partial charge in [-0.25, -0.2) is 13.2 Å². The van der Waals surface area contributed by atoms with E-state index in [0.29, 0.717) is 38.4 Å². The average molecular weight is 441 g/mol. The Morgan fingerprint density at radius 1 is 1.33 bits per heavy atom. The molecule has 2 saturated heterocycles. The average Bonchev–Trinajstić information content (AvgIpc) is 3.10. The van der Waals surface area contributed by atoms with E-state index >= 15 is 0 Å². The zero-order chi connectivity index (χ0) is 21.9. The molecule has 0 aliphatic carbocycles. The third kappa shape index (κ3) is 5.05. The van der Waals surface area contributed by atoms with Crippen molar-refractivity contribution in [3.63, 3.8) is 0 Å². The van der Waals surface area contributed by atoms with Crippen LogP contribution in [0.1, 0.15) is 16.8 Å². The van der Waals surface area contributed by atoms with E-state index in [9.17, 15) is 28.1 Å². The largest absolute Gasteiger partial charge is 0.452 e. The van der Waals surface area contributed by atoms with Gasteiger partial charge in [0.05, 0.1) is 35.2 Å². The van der Waals surface area contributed by atoms with Gasteiger partial charge in [0, 0.05) is 32.2 Å². The number of esters is 1. The molecule has 1 amide bonds. The highest BCUT2D eigenvalue weighted by atomic mass is 32.2. The fraction of sp³-hybridized carbons (Fsp3) is 0.556. The number of amides is 1. The van der Waals surface area contributed by atoms with E-state index in [0.717, 1.165) is 6.07 Å². The van der Waals surface area contributed by atoms with Gasteiger partial charge in [-0.15, -0.1) is 0 Å².